The molecular weight excluding hydrogens is 629 g/mol. The van der Waals surface area contributed by atoms with Crippen molar-refractivity contribution in [2.45, 2.75) is 59.7 Å². The topological polar surface area (TPSA) is 41.0 Å². The maximum absolute atomic E-state index is 3.88. The van der Waals surface area contributed by atoms with Gasteiger partial charge in [0.25, 0.3) is 0 Å². The summed E-state index contributed by atoms with van der Waals surface area (Å²) in [4.78, 5) is 1.46. The zero-order chi connectivity index (χ0) is 33.0. The van der Waals surface area contributed by atoms with Crippen LogP contribution in [0.25, 0.3) is 27.5 Å². The molecule has 2 fully saturated rings. The summed E-state index contributed by atoms with van der Waals surface area (Å²) in [5.41, 5.74) is 10.7. The van der Waals surface area contributed by atoms with E-state index in [9.17, 15) is 0 Å². The lowest BCUT2D eigenvalue weighted by Crippen LogP contribution is -2.54. The van der Waals surface area contributed by atoms with Gasteiger partial charge in [0.15, 0.2) is 0 Å². The summed E-state index contributed by atoms with van der Waals surface area (Å²) in [6.45, 7) is 0. The highest BCUT2D eigenvalue weighted by molar-refractivity contribution is 8.00. The molecule has 0 radical (unpaired) electrons. The second kappa shape index (κ2) is 12.6. The third-order valence-electron chi connectivity index (χ3n) is 11.3. The highest BCUT2D eigenvalue weighted by Crippen LogP contribution is 2.56. The van der Waals surface area contributed by atoms with E-state index in [1.54, 1.807) is 5.56 Å². The Morgan fingerprint density at radius 3 is 1.86 bits per heavy atom. The standard InChI is InChI=1S/C45H40N4S/c1-4-13-29(14-5-1)43-46-44(30-15-6-2-7-16-30)48-45(47-43)32-24-26-36-35-25-23-31(27-40(35)50-41(36)28-32)34-20-12-22-39-42(34)37-19-10-11-21-38(37)49(39)33-17-8-3-9-18-33/h1-22,24,26,28,31,35,40,43-48H,23,25,27H2. The first kappa shape index (κ1) is 30.2. The smallest absolute Gasteiger partial charge is 0.0864 e. The van der Waals surface area contributed by atoms with Crippen LogP contribution in [0.15, 0.2) is 157 Å². The van der Waals surface area contributed by atoms with Crippen LogP contribution in [-0.4, -0.2) is 9.82 Å². The lowest BCUT2D eigenvalue weighted by molar-refractivity contribution is 0.203. The number of rotatable bonds is 5. The monoisotopic (exact) mass is 668 g/mol. The lowest BCUT2D eigenvalue weighted by Gasteiger charge is -2.39. The van der Waals surface area contributed by atoms with E-state index < -0.39 is 0 Å². The average molecular weight is 669 g/mol. The molecular formula is C45H40N4S. The van der Waals surface area contributed by atoms with Crippen LogP contribution >= 0.6 is 11.8 Å². The number of nitrogens with zero attached hydrogens (tertiary/aromatic N) is 1. The predicted octanol–water partition coefficient (Wildman–Crippen LogP) is 10.5. The van der Waals surface area contributed by atoms with Gasteiger partial charge < -0.3 is 4.57 Å². The zero-order valence-corrected chi connectivity index (χ0v) is 28.7. The van der Waals surface area contributed by atoms with E-state index in [1.807, 2.05) is 0 Å². The Labute approximate surface area is 297 Å². The normalized spacial score (nSPS) is 24.6. The summed E-state index contributed by atoms with van der Waals surface area (Å²) in [7, 11) is 0. The molecule has 6 aromatic carbocycles. The van der Waals surface area contributed by atoms with Gasteiger partial charge in [0.1, 0.15) is 0 Å². The van der Waals surface area contributed by atoms with Crippen LogP contribution in [0, 0.1) is 0 Å². The molecule has 1 aliphatic carbocycles. The summed E-state index contributed by atoms with van der Waals surface area (Å²) >= 11 is 2.13. The number of hydrogen-bond donors (Lipinski definition) is 3. The Balaban J connectivity index is 0.947. The van der Waals surface area contributed by atoms with Gasteiger partial charge in [-0.1, -0.05) is 121 Å². The first-order valence-corrected chi connectivity index (χ1v) is 18.9. The summed E-state index contributed by atoms with van der Waals surface area (Å²) < 4.78 is 2.45. The molecule has 1 aromatic heterocycles. The Bertz CT molecular complexity index is 2250. The van der Waals surface area contributed by atoms with E-state index in [4.69, 9.17) is 0 Å². The largest absolute Gasteiger partial charge is 0.309 e. The fourth-order valence-electron chi connectivity index (χ4n) is 8.95. The number of nitrogens with one attached hydrogen (secondary N) is 3. The van der Waals surface area contributed by atoms with Crippen molar-refractivity contribution in [1.29, 1.82) is 0 Å². The molecule has 2 aliphatic heterocycles. The molecule has 246 valence electrons. The molecule has 3 N–H and O–H groups in total. The SMILES string of the molecule is c1ccc(C2NC(c3ccccc3)NC(c3ccc4c(c3)SC3CC(c5cccc6c5c5ccccc5n6-c5ccccc5)CCC43)N2)cc1. The maximum Gasteiger partial charge on any atom is 0.0864 e. The van der Waals surface area contributed by atoms with E-state index in [0.717, 1.165) is 0 Å². The third kappa shape index (κ3) is 5.19. The van der Waals surface area contributed by atoms with Crippen LogP contribution in [0.5, 0.6) is 0 Å². The van der Waals surface area contributed by atoms with Gasteiger partial charge in [-0.05, 0) is 89.2 Å². The molecule has 0 spiro atoms. The molecule has 0 bridgehead atoms. The van der Waals surface area contributed by atoms with Crippen molar-refractivity contribution in [2.24, 2.45) is 0 Å². The number of aromatic nitrogens is 1. The Hall–Kier alpha value is -4.65. The fraction of sp³-hybridized carbons (Fsp3) is 0.200. The molecule has 0 amide bonds. The van der Waals surface area contributed by atoms with Gasteiger partial charge in [-0.25, -0.2) is 0 Å². The molecule has 1 saturated carbocycles. The van der Waals surface area contributed by atoms with Crippen LogP contribution in [0.4, 0.5) is 0 Å². The summed E-state index contributed by atoms with van der Waals surface area (Å²) in [6.07, 6.45) is 3.76. The predicted molar refractivity (Wildman–Crippen MR) is 207 cm³/mol. The highest BCUT2D eigenvalue weighted by Gasteiger charge is 2.40. The maximum atomic E-state index is 3.88. The molecule has 3 aliphatic rings. The second-order valence-electron chi connectivity index (χ2n) is 14.1. The van der Waals surface area contributed by atoms with Crippen molar-refractivity contribution in [3.63, 3.8) is 0 Å². The molecule has 4 nitrogen and oxygen atoms in total. The Morgan fingerprint density at radius 1 is 0.520 bits per heavy atom. The summed E-state index contributed by atoms with van der Waals surface area (Å²) in [6, 6.07) is 55.6. The number of benzene rings is 6. The van der Waals surface area contributed by atoms with Crippen molar-refractivity contribution >= 4 is 33.6 Å². The molecule has 50 heavy (non-hydrogen) atoms. The van der Waals surface area contributed by atoms with Crippen molar-refractivity contribution in [1.82, 2.24) is 20.5 Å². The van der Waals surface area contributed by atoms with Crippen molar-refractivity contribution in [3.8, 4) is 5.69 Å². The average Bonchev–Trinajstić information content (AvgIpc) is 3.73. The molecule has 5 unspecified atom stereocenters. The fourth-order valence-corrected chi connectivity index (χ4v) is 10.6. The number of para-hydroxylation sites is 2. The van der Waals surface area contributed by atoms with Crippen molar-refractivity contribution in [2.75, 3.05) is 0 Å². The summed E-state index contributed by atoms with van der Waals surface area (Å²) in [5.74, 6) is 1.16. The number of thioether (sulfide) groups is 1. The van der Waals surface area contributed by atoms with E-state index in [0.29, 0.717) is 17.1 Å². The van der Waals surface area contributed by atoms with Gasteiger partial charge in [0, 0.05) is 26.6 Å². The van der Waals surface area contributed by atoms with Crippen molar-refractivity contribution in [3.05, 3.63) is 179 Å². The Morgan fingerprint density at radius 2 is 1.14 bits per heavy atom. The van der Waals surface area contributed by atoms with Gasteiger partial charge in [0.05, 0.1) is 29.5 Å². The first-order chi connectivity index (χ1) is 24.8. The number of fused-ring (bicyclic) bond motifs is 6. The molecule has 7 aromatic rings. The quantitative estimate of drug-likeness (QED) is 0.171. The second-order valence-corrected chi connectivity index (χ2v) is 15.4. The number of hydrogen-bond acceptors (Lipinski definition) is 4. The van der Waals surface area contributed by atoms with Crippen LogP contribution in [-0.2, 0) is 0 Å². The van der Waals surface area contributed by atoms with Gasteiger partial charge in [-0.3, -0.25) is 16.0 Å². The summed E-state index contributed by atoms with van der Waals surface area (Å²) in [5, 5.41) is 15.0. The van der Waals surface area contributed by atoms with Gasteiger partial charge >= 0.3 is 0 Å². The van der Waals surface area contributed by atoms with Crippen LogP contribution < -0.4 is 16.0 Å². The van der Waals surface area contributed by atoms with Gasteiger partial charge in [-0.2, -0.15) is 0 Å². The molecule has 1 saturated heterocycles. The molecule has 10 rings (SSSR count). The minimum Gasteiger partial charge on any atom is -0.309 e. The van der Waals surface area contributed by atoms with Crippen molar-refractivity contribution < 1.29 is 0 Å². The van der Waals surface area contributed by atoms with E-state index >= 15 is 0 Å². The molecule has 5 heteroatoms. The van der Waals surface area contributed by atoms with E-state index in [2.05, 4.69) is 184 Å². The van der Waals surface area contributed by atoms with Crippen LogP contribution in [0.3, 0.4) is 0 Å². The molecule has 3 heterocycles. The molecule has 5 atom stereocenters. The van der Waals surface area contributed by atoms with Gasteiger partial charge in [0.2, 0.25) is 0 Å². The highest BCUT2D eigenvalue weighted by atomic mass is 32.2. The minimum absolute atomic E-state index is 0.0208. The van der Waals surface area contributed by atoms with Crippen LogP contribution in [0.1, 0.15) is 77.4 Å². The minimum atomic E-state index is 0.0208. The van der Waals surface area contributed by atoms with E-state index in [1.165, 1.54) is 73.9 Å². The third-order valence-corrected chi connectivity index (χ3v) is 12.7. The zero-order valence-electron chi connectivity index (χ0n) is 27.9. The first-order valence-electron chi connectivity index (χ1n) is 18.0. The lowest BCUT2D eigenvalue weighted by atomic mass is 9.75. The van der Waals surface area contributed by atoms with Crippen LogP contribution in [0.2, 0.25) is 0 Å². The Kier molecular flexibility index (Phi) is 7.61. The van der Waals surface area contributed by atoms with Gasteiger partial charge in [-0.15, -0.1) is 11.8 Å². The van der Waals surface area contributed by atoms with E-state index in [-0.39, 0.29) is 18.5 Å².